The highest BCUT2D eigenvalue weighted by atomic mass is 16.5. The summed E-state index contributed by atoms with van der Waals surface area (Å²) in [6.45, 7) is 12.5. The van der Waals surface area contributed by atoms with Gasteiger partial charge >= 0.3 is 0 Å². The Morgan fingerprint density at radius 1 is 1.24 bits per heavy atom. The Labute approximate surface area is 105 Å². The van der Waals surface area contributed by atoms with Crippen molar-refractivity contribution in [1.29, 1.82) is 0 Å². The van der Waals surface area contributed by atoms with Gasteiger partial charge in [-0.1, -0.05) is 19.1 Å². The lowest BCUT2D eigenvalue weighted by Gasteiger charge is -2.18. The molecule has 0 aliphatic carbocycles. The summed E-state index contributed by atoms with van der Waals surface area (Å²) in [6, 6.07) is 4.34. The summed E-state index contributed by atoms with van der Waals surface area (Å²) in [4.78, 5) is 0. The monoisotopic (exact) mass is 235 g/mol. The molecule has 96 valence electrons. The van der Waals surface area contributed by atoms with E-state index in [1.165, 1.54) is 16.7 Å². The predicted molar refractivity (Wildman–Crippen MR) is 73.7 cm³/mol. The third-order valence-corrected chi connectivity index (χ3v) is 2.85. The first-order valence-corrected chi connectivity index (χ1v) is 6.52. The maximum Gasteiger partial charge on any atom is 0.127 e. The highest BCUT2D eigenvalue weighted by molar-refractivity contribution is 5.45. The maximum absolute atomic E-state index is 5.95. The molecule has 0 heterocycles. The van der Waals surface area contributed by atoms with Crippen LogP contribution in [0.3, 0.4) is 0 Å². The average molecular weight is 235 g/mol. The molecule has 0 spiro atoms. The molecule has 0 bridgehead atoms. The van der Waals surface area contributed by atoms with Crippen molar-refractivity contribution in [3.05, 3.63) is 28.8 Å². The van der Waals surface area contributed by atoms with Crippen molar-refractivity contribution < 1.29 is 4.74 Å². The molecule has 1 N–H and O–H groups in total. The van der Waals surface area contributed by atoms with Gasteiger partial charge in [-0.15, -0.1) is 0 Å². The summed E-state index contributed by atoms with van der Waals surface area (Å²) >= 11 is 0. The van der Waals surface area contributed by atoms with Gasteiger partial charge < -0.3 is 10.1 Å². The molecular formula is C15H25NO. The van der Waals surface area contributed by atoms with Crippen LogP contribution in [0.15, 0.2) is 12.1 Å². The summed E-state index contributed by atoms with van der Waals surface area (Å²) in [5, 5.41) is 3.43. The fourth-order valence-electron chi connectivity index (χ4n) is 1.79. The number of hydrogen-bond donors (Lipinski definition) is 1. The van der Waals surface area contributed by atoms with Crippen molar-refractivity contribution in [3.63, 3.8) is 0 Å². The van der Waals surface area contributed by atoms with Gasteiger partial charge in [-0.2, -0.15) is 0 Å². The van der Waals surface area contributed by atoms with Crippen LogP contribution in [-0.2, 0) is 6.54 Å². The van der Waals surface area contributed by atoms with E-state index in [0.29, 0.717) is 0 Å². The van der Waals surface area contributed by atoms with E-state index < -0.39 is 0 Å². The Morgan fingerprint density at radius 2 is 1.94 bits per heavy atom. The quantitative estimate of drug-likeness (QED) is 0.761. The fourth-order valence-corrected chi connectivity index (χ4v) is 1.79. The molecule has 0 aliphatic rings. The van der Waals surface area contributed by atoms with Gasteiger partial charge in [-0.25, -0.2) is 0 Å². The van der Waals surface area contributed by atoms with Gasteiger partial charge in [0, 0.05) is 12.1 Å². The smallest absolute Gasteiger partial charge is 0.127 e. The van der Waals surface area contributed by atoms with Crippen molar-refractivity contribution in [2.45, 2.75) is 53.7 Å². The molecule has 0 saturated heterocycles. The first-order chi connectivity index (χ1) is 8.06. The molecule has 0 amide bonds. The fraction of sp³-hybridized carbons (Fsp3) is 0.600. The molecule has 1 aromatic rings. The zero-order valence-electron chi connectivity index (χ0n) is 11.8. The number of aryl methyl sites for hydroxylation is 1. The highest BCUT2D eigenvalue weighted by Crippen LogP contribution is 2.27. The summed E-state index contributed by atoms with van der Waals surface area (Å²) in [5.74, 6) is 1.06. The third kappa shape index (κ3) is 4.04. The van der Waals surface area contributed by atoms with Crippen LogP contribution in [0.5, 0.6) is 5.75 Å². The van der Waals surface area contributed by atoms with Crippen LogP contribution in [-0.4, -0.2) is 12.6 Å². The van der Waals surface area contributed by atoms with Crippen LogP contribution in [0.2, 0.25) is 0 Å². The number of nitrogens with one attached hydrogen (secondary N) is 1. The first kappa shape index (κ1) is 14.0. The van der Waals surface area contributed by atoms with E-state index >= 15 is 0 Å². The van der Waals surface area contributed by atoms with Crippen molar-refractivity contribution in [2.75, 3.05) is 6.54 Å². The molecule has 2 heteroatoms. The minimum Gasteiger partial charge on any atom is -0.490 e. The number of benzene rings is 1. The second-order valence-electron chi connectivity index (χ2n) is 4.84. The second-order valence-corrected chi connectivity index (χ2v) is 4.84. The number of hydrogen-bond acceptors (Lipinski definition) is 2. The Kier molecular flexibility index (Phi) is 5.49. The van der Waals surface area contributed by atoms with Gasteiger partial charge in [0.2, 0.25) is 0 Å². The first-order valence-electron chi connectivity index (χ1n) is 6.52. The van der Waals surface area contributed by atoms with Gasteiger partial charge in [-0.05, 0) is 51.8 Å². The Bertz CT molecular complexity index is 358. The zero-order valence-corrected chi connectivity index (χ0v) is 11.8. The van der Waals surface area contributed by atoms with E-state index in [-0.39, 0.29) is 6.10 Å². The van der Waals surface area contributed by atoms with E-state index in [9.17, 15) is 0 Å². The lowest BCUT2D eigenvalue weighted by atomic mass is 10.0. The maximum atomic E-state index is 5.95. The van der Waals surface area contributed by atoms with Crippen LogP contribution in [0.1, 0.15) is 43.9 Å². The molecule has 0 aromatic heterocycles. The molecule has 1 rings (SSSR count). The van der Waals surface area contributed by atoms with Gasteiger partial charge in [-0.3, -0.25) is 0 Å². The number of rotatable bonds is 6. The molecular weight excluding hydrogens is 210 g/mol. The predicted octanol–water partition coefficient (Wildman–Crippen LogP) is 3.59. The topological polar surface area (TPSA) is 21.3 Å². The molecule has 1 aromatic carbocycles. The minimum atomic E-state index is 0.223. The molecule has 0 saturated carbocycles. The second kappa shape index (κ2) is 6.65. The SMILES string of the molecule is CCCNCc1ccc(C)c(C)c1OC(C)C. The van der Waals surface area contributed by atoms with E-state index in [1.807, 2.05) is 0 Å². The van der Waals surface area contributed by atoms with E-state index in [4.69, 9.17) is 4.74 Å². The molecule has 0 aliphatic heterocycles. The van der Waals surface area contributed by atoms with Gasteiger partial charge in [0.25, 0.3) is 0 Å². The molecule has 0 fully saturated rings. The average Bonchev–Trinajstić information content (AvgIpc) is 2.27. The third-order valence-electron chi connectivity index (χ3n) is 2.85. The summed E-state index contributed by atoms with van der Waals surface area (Å²) in [7, 11) is 0. The Hall–Kier alpha value is -1.02. The molecule has 0 unspecified atom stereocenters. The van der Waals surface area contributed by atoms with E-state index in [0.717, 1.165) is 25.3 Å². The van der Waals surface area contributed by atoms with Crippen LogP contribution >= 0.6 is 0 Å². The van der Waals surface area contributed by atoms with Crippen molar-refractivity contribution in [2.24, 2.45) is 0 Å². The van der Waals surface area contributed by atoms with Crippen molar-refractivity contribution >= 4 is 0 Å². The largest absolute Gasteiger partial charge is 0.490 e. The van der Waals surface area contributed by atoms with Crippen LogP contribution in [0.25, 0.3) is 0 Å². The van der Waals surface area contributed by atoms with Gasteiger partial charge in [0.15, 0.2) is 0 Å². The van der Waals surface area contributed by atoms with Gasteiger partial charge in [0.1, 0.15) is 5.75 Å². The highest BCUT2D eigenvalue weighted by Gasteiger charge is 2.10. The van der Waals surface area contributed by atoms with Crippen LogP contribution < -0.4 is 10.1 Å². The molecule has 0 radical (unpaired) electrons. The van der Waals surface area contributed by atoms with E-state index in [2.05, 4.69) is 52.1 Å². The van der Waals surface area contributed by atoms with E-state index in [1.54, 1.807) is 0 Å². The van der Waals surface area contributed by atoms with Gasteiger partial charge in [0.05, 0.1) is 6.10 Å². The van der Waals surface area contributed by atoms with Crippen LogP contribution in [0.4, 0.5) is 0 Å². The number of ether oxygens (including phenoxy) is 1. The minimum absolute atomic E-state index is 0.223. The molecule has 17 heavy (non-hydrogen) atoms. The lowest BCUT2D eigenvalue weighted by Crippen LogP contribution is -2.16. The summed E-state index contributed by atoms with van der Waals surface area (Å²) in [5.41, 5.74) is 3.81. The summed E-state index contributed by atoms with van der Waals surface area (Å²) in [6.07, 6.45) is 1.38. The zero-order chi connectivity index (χ0) is 12.8. The normalized spacial score (nSPS) is 10.9. The van der Waals surface area contributed by atoms with Crippen LogP contribution in [0, 0.1) is 13.8 Å². The Morgan fingerprint density at radius 3 is 2.53 bits per heavy atom. The van der Waals surface area contributed by atoms with Crippen molar-refractivity contribution in [3.8, 4) is 5.75 Å². The molecule has 2 nitrogen and oxygen atoms in total. The lowest BCUT2D eigenvalue weighted by molar-refractivity contribution is 0.237. The molecule has 0 atom stereocenters. The summed E-state index contributed by atoms with van der Waals surface area (Å²) < 4.78 is 5.95. The van der Waals surface area contributed by atoms with Crippen molar-refractivity contribution in [1.82, 2.24) is 5.32 Å². The standard InChI is InChI=1S/C15H25NO/c1-6-9-16-10-14-8-7-12(4)13(5)15(14)17-11(2)3/h7-8,11,16H,6,9-10H2,1-5H3. The Balaban J connectivity index is 2.90.